The monoisotopic (exact) mass is 340 g/mol. The number of benzene rings is 2. The van der Waals surface area contributed by atoms with Crippen molar-refractivity contribution in [2.75, 3.05) is 13.2 Å². The van der Waals surface area contributed by atoms with Gasteiger partial charge in [-0.05, 0) is 42.0 Å². The molecule has 0 aliphatic rings. The maximum Gasteiger partial charge on any atom is 0.199 e. The molecule has 2 aromatic carbocycles. The van der Waals surface area contributed by atoms with Crippen LogP contribution in [-0.4, -0.2) is 19.5 Å². The summed E-state index contributed by atoms with van der Waals surface area (Å²) in [6.07, 6.45) is 3.63. The van der Waals surface area contributed by atoms with Crippen LogP contribution >= 0.6 is 0 Å². The third-order valence-corrected chi connectivity index (χ3v) is 3.42. The molecule has 2 aromatic rings. The molecule has 132 valence electrons. The molecule has 4 heteroatoms. The fourth-order valence-electron chi connectivity index (χ4n) is 2.12. The molecule has 0 amide bonds. The van der Waals surface area contributed by atoms with Gasteiger partial charge >= 0.3 is 0 Å². The van der Waals surface area contributed by atoms with Gasteiger partial charge in [-0.3, -0.25) is 0 Å². The van der Waals surface area contributed by atoms with E-state index in [9.17, 15) is 0 Å². The molecule has 0 aliphatic heterocycles. The first-order chi connectivity index (χ1) is 12.2. The molecule has 0 aliphatic carbocycles. The van der Waals surface area contributed by atoms with Gasteiger partial charge in [-0.1, -0.05) is 38.3 Å². The molecular weight excluding hydrogens is 316 g/mol. The zero-order valence-electron chi connectivity index (χ0n) is 14.5. The molecule has 0 saturated carbocycles. The molecule has 0 fully saturated rings. The average Bonchev–Trinajstić information content (AvgIpc) is 2.66. The van der Waals surface area contributed by atoms with Crippen LogP contribution in [0.5, 0.6) is 17.2 Å². The first-order valence-corrected chi connectivity index (χ1v) is 8.26. The van der Waals surface area contributed by atoms with Crippen LogP contribution in [0.3, 0.4) is 0 Å². The Balaban J connectivity index is 1.72. The Labute approximate surface area is 149 Å². The lowest BCUT2D eigenvalue weighted by Gasteiger charge is -2.18. The molecule has 0 radical (unpaired) electrons. The van der Waals surface area contributed by atoms with Crippen molar-refractivity contribution in [2.45, 2.75) is 19.6 Å². The van der Waals surface area contributed by atoms with Crippen molar-refractivity contribution < 1.29 is 18.9 Å². The molecule has 0 N–H and O–H groups in total. The molecule has 0 saturated heterocycles. The largest absolute Gasteiger partial charge is 0.491 e. The van der Waals surface area contributed by atoms with E-state index in [0.717, 1.165) is 29.2 Å². The molecule has 0 heterocycles. The van der Waals surface area contributed by atoms with Crippen molar-refractivity contribution in [2.24, 2.45) is 0 Å². The molecule has 1 unspecified atom stereocenters. The Morgan fingerprint density at radius 3 is 2.12 bits per heavy atom. The van der Waals surface area contributed by atoms with Crippen LogP contribution in [0.25, 0.3) is 6.08 Å². The van der Waals surface area contributed by atoms with Crippen molar-refractivity contribution >= 4 is 6.08 Å². The minimum atomic E-state index is -0.304. The fourth-order valence-corrected chi connectivity index (χ4v) is 2.12. The quantitative estimate of drug-likeness (QED) is 0.325. The predicted octanol–water partition coefficient (Wildman–Crippen LogP) is 5.06. The Kier molecular flexibility index (Phi) is 7.60. The standard InChI is InChI=1S/C21H24O4/c1-4-17-7-9-20(10-8-17)25-21(5-2)24-16-15-23-19-13-11-18(12-14-19)22-6-3/h4,6-14,21H,1,3,5,15-16H2,2H3. The van der Waals surface area contributed by atoms with Crippen molar-refractivity contribution in [3.05, 3.63) is 73.5 Å². The van der Waals surface area contributed by atoms with Crippen LogP contribution in [0.4, 0.5) is 0 Å². The highest BCUT2D eigenvalue weighted by molar-refractivity contribution is 5.48. The van der Waals surface area contributed by atoms with Gasteiger partial charge in [0.2, 0.25) is 0 Å². The summed E-state index contributed by atoms with van der Waals surface area (Å²) in [6, 6.07) is 15.1. The number of rotatable bonds is 11. The molecule has 25 heavy (non-hydrogen) atoms. The highest BCUT2D eigenvalue weighted by atomic mass is 16.7. The predicted molar refractivity (Wildman–Crippen MR) is 100.0 cm³/mol. The third-order valence-electron chi connectivity index (χ3n) is 3.42. The summed E-state index contributed by atoms with van der Waals surface area (Å²) in [7, 11) is 0. The maximum atomic E-state index is 5.82. The summed E-state index contributed by atoms with van der Waals surface area (Å²) < 4.78 is 22.4. The third kappa shape index (κ3) is 6.36. The molecule has 0 bridgehead atoms. The topological polar surface area (TPSA) is 36.9 Å². The van der Waals surface area contributed by atoms with E-state index in [-0.39, 0.29) is 6.29 Å². The Morgan fingerprint density at radius 1 is 0.880 bits per heavy atom. The summed E-state index contributed by atoms with van der Waals surface area (Å²) in [5, 5.41) is 0. The maximum absolute atomic E-state index is 5.82. The lowest BCUT2D eigenvalue weighted by Crippen LogP contribution is -2.22. The van der Waals surface area contributed by atoms with Gasteiger partial charge < -0.3 is 18.9 Å². The van der Waals surface area contributed by atoms with Crippen molar-refractivity contribution in [1.29, 1.82) is 0 Å². The number of hydrogen-bond acceptors (Lipinski definition) is 4. The van der Waals surface area contributed by atoms with Gasteiger partial charge in [-0.15, -0.1) is 0 Å². The van der Waals surface area contributed by atoms with Crippen molar-refractivity contribution in [1.82, 2.24) is 0 Å². The minimum Gasteiger partial charge on any atom is -0.491 e. The first kappa shape index (κ1) is 18.6. The summed E-state index contributed by atoms with van der Waals surface area (Å²) >= 11 is 0. The normalized spacial score (nSPS) is 11.4. The van der Waals surface area contributed by atoms with Crippen molar-refractivity contribution in [3.63, 3.8) is 0 Å². The van der Waals surface area contributed by atoms with E-state index < -0.39 is 0 Å². The molecule has 0 aromatic heterocycles. The van der Waals surface area contributed by atoms with Gasteiger partial charge in [0.15, 0.2) is 6.29 Å². The lowest BCUT2D eigenvalue weighted by atomic mass is 10.2. The average molecular weight is 340 g/mol. The van der Waals surface area contributed by atoms with Crippen LogP contribution in [0, 0.1) is 0 Å². The number of ether oxygens (including phenoxy) is 4. The van der Waals surface area contributed by atoms with E-state index >= 15 is 0 Å². The van der Waals surface area contributed by atoms with Crippen molar-refractivity contribution in [3.8, 4) is 17.2 Å². The first-order valence-electron chi connectivity index (χ1n) is 8.26. The highest BCUT2D eigenvalue weighted by Crippen LogP contribution is 2.18. The van der Waals surface area contributed by atoms with Gasteiger partial charge in [-0.25, -0.2) is 0 Å². The number of hydrogen-bond donors (Lipinski definition) is 0. The van der Waals surface area contributed by atoms with Gasteiger partial charge in [-0.2, -0.15) is 0 Å². The molecule has 2 rings (SSSR count). The smallest absolute Gasteiger partial charge is 0.199 e. The van der Waals surface area contributed by atoms with Crippen LogP contribution < -0.4 is 14.2 Å². The van der Waals surface area contributed by atoms with Gasteiger partial charge in [0.05, 0.1) is 12.9 Å². The summed E-state index contributed by atoms with van der Waals surface area (Å²) in [5.41, 5.74) is 1.05. The van der Waals surface area contributed by atoms with E-state index in [4.69, 9.17) is 18.9 Å². The van der Waals surface area contributed by atoms with Crippen LogP contribution in [0.2, 0.25) is 0 Å². The molecular formula is C21H24O4. The zero-order valence-corrected chi connectivity index (χ0v) is 14.5. The van der Waals surface area contributed by atoms with E-state index in [0.29, 0.717) is 13.2 Å². The van der Waals surface area contributed by atoms with Crippen LogP contribution in [0.1, 0.15) is 18.9 Å². The van der Waals surface area contributed by atoms with Crippen LogP contribution in [0.15, 0.2) is 68.0 Å². The second kappa shape index (κ2) is 10.2. The van der Waals surface area contributed by atoms with E-state index in [1.165, 1.54) is 6.26 Å². The Morgan fingerprint density at radius 2 is 1.52 bits per heavy atom. The van der Waals surface area contributed by atoms with Gasteiger partial charge in [0.1, 0.15) is 23.9 Å². The second-order valence-electron chi connectivity index (χ2n) is 5.20. The van der Waals surface area contributed by atoms with Gasteiger partial charge in [0.25, 0.3) is 0 Å². The molecule has 1 atom stereocenters. The molecule has 0 spiro atoms. The summed E-state index contributed by atoms with van der Waals surface area (Å²) in [4.78, 5) is 0. The summed E-state index contributed by atoms with van der Waals surface area (Å²) in [6.45, 7) is 10.1. The summed E-state index contributed by atoms with van der Waals surface area (Å²) in [5.74, 6) is 2.26. The van der Waals surface area contributed by atoms with E-state index in [1.54, 1.807) is 6.08 Å². The lowest BCUT2D eigenvalue weighted by molar-refractivity contribution is -0.0880. The van der Waals surface area contributed by atoms with Crippen LogP contribution in [-0.2, 0) is 4.74 Å². The second-order valence-corrected chi connectivity index (χ2v) is 5.20. The Bertz CT molecular complexity index is 647. The SMILES string of the molecule is C=COc1ccc(OCCOC(CC)Oc2ccc(C=C)cc2)cc1. The van der Waals surface area contributed by atoms with E-state index in [2.05, 4.69) is 13.2 Å². The Hall–Kier alpha value is -2.72. The molecule has 4 nitrogen and oxygen atoms in total. The highest BCUT2D eigenvalue weighted by Gasteiger charge is 2.08. The fraction of sp³-hybridized carbons (Fsp3) is 0.238. The van der Waals surface area contributed by atoms with E-state index in [1.807, 2.05) is 55.5 Å². The minimum absolute atomic E-state index is 0.304. The zero-order chi connectivity index (χ0) is 17.9. The van der Waals surface area contributed by atoms with Gasteiger partial charge in [0, 0.05) is 6.42 Å².